The molecule has 2 atom stereocenters. The van der Waals surface area contributed by atoms with E-state index >= 15 is 0 Å². The second-order valence-electron chi connectivity index (χ2n) is 6.21. The van der Waals surface area contributed by atoms with Crippen molar-refractivity contribution in [2.75, 3.05) is 19.6 Å². The fraction of sp³-hybridized carbons (Fsp3) is 0.438. The van der Waals surface area contributed by atoms with Crippen LogP contribution in [0.5, 0.6) is 0 Å². The van der Waals surface area contributed by atoms with Crippen LogP contribution in [0, 0.1) is 5.82 Å². The van der Waals surface area contributed by atoms with Crippen molar-refractivity contribution in [2.45, 2.75) is 24.9 Å². The van der Waals surface area contributed by atoms with Crippen LogP contribution in [0.3, 0.4) is 0 Å². The van der Waals surface area contributed by atoms with Gasteiger partial charge in [-0.25, -0.2) is 9.18 Å². The van der Waals surface area contributed by atoms with Crippen LogP contribution in [0.4, 0.5) is 9.18 Å². The number of urea groups is 1. The lowest BCUT2D eigenvalue weighted by atomic mass is 9.92. The number of benzene rings is 1. The number of imide groups is 1. The van der Waals surface area contributed by atoms with Crippen molar-refractivity contribution >= 4 is 17.8 Å². The van der Waals surface area contributed by atoms with Gasteiger partial charge in [-0.1, -0.05) is 12.1 Å². The molecule has 2 heterocycles. The molecule has 0 radical (unpaired) electrons. The first-order chi connectivity index (χ1) is 11.4. The number of rotatable bonds is 4. The van der Waals surface area contributed by atoms with Gasteiger partial charge in [0.25, 0.3) is 5.91 Å². The monoisotopic (exact) mass is 334 g/mol. The summed E-state index contributed by atoms with van der Waals surface area (Å²) in [4.78, 5) is 37.8. The second kappa shape index (κ2) is 6.20. The van der Waals surface area contributed by atoms with Gasteiger partial charge in [-0.15, -0.1) is 0 Å². The lowest BCUT2D eigenvalue weighted by Crippen LogP contribution is -2.46. The number of nitrogens with zero attached hydrogens (tertiary/aromatic N) is 1. The highest BCUT2D eigenvalue weighted by Gasteiger charge is 2.49. The topological polar surface area (TPSA) is 90.5 Å². The number of hydrogen-bond donors (Lipinski definition) is 3. The van der Waals surface area contributed by atoms with Gasteiger partial charge < -0.3 is 16.0 Å². The molecule has 0 bridgehead atoms. The lowest BCUT2D eigenvalue weighted by Gasteiger charge is -2.22. The Balaban J connectivity index is 1.71. The highest BCUT2D eigenvalue weighted by molar-refractivity contribution is 6.09. The molecule has 7 nitrogen and oxygen atoms in total. The van der Waals surface area contributed by atoms with Crippen LogP contribution in [0.2, 0.25) is 0 Å². The molecule has 0 aromatic heterocycles. The first kappa shape index (κ1) is 16.4. The van der Waals surface area contributed by atoms with Crippen LogP contribution in [-0.4, -0.2) is 48.4 Å². The number of carbonyl (C=O) groups is 3. The van der Waals surface area contributed by atoms with Crippen LogP contribution in [0.1, 0.15) is 18.9 Å². The number of amides is 4. The van der Waals surface area contributed by atoms with E-state index < -0.39 is 23.3 Å². The lowest BCUT2D eigenvalue weighted by molar-refractivity contribution is -0.135. The number of halogens is 1. The summed E-state index contributed by atoms with van der Waals surface area (Å²) in [5.74, 6) is -1.34. The first-order valence-electron chi connectivity index (χ1n) is 7.80. The fourth-order valence-electron chi connectivity index (χ4n) is 3.01. The van der Waals surface area contributed by atoms with E-state index in [9.17, 15) is 18.8 Å². The summed E-state index contributed by atoms with van der Waals surface area (Å²) in [6, 6.07) is 4.72. The van der Waals surface area contributed by atoms with E-state index in [1.807, 2.05) is 0 Å². The molecule has 2 saturated heterocycles. The van der Waals surface area contributed by atoms with E-state index in [0.29, 0.717) is 12.1 Å². The van der Waals surface area contributed by atoms with E-state index in [1.165, 1.54) is 24.3 Å². The smallest absolute Gasteiger partial charge is 0.325 e. The standard InChI is InChI=1S/C16H19FN4O3/c1-16(10-2-4-11(17)5-3-10)14(23)21(15(24)20-16)9-13(22)19-12-6-7-18-8-12/h2-5,12,18H,6-9H2,1H3,(H,19,22)(H,20,24). The molecule has 0 aliphatic carbocycles. The summed E-state index contributed by atoms with van der Waals surface area (Å²) in [5.41, 5.74) is -0.842. The molecule has 8 heteroatoms. The van der Waals surface area contributed by atoms with Crippen LogP contribution < -0.4 is 16.0 Å². The Labute approximate surface area is 138 Å². The highest BCUT2D eigenvalue weighted by Crippen LogP contribution is 2.28. The quantitative estimate of drug-likeness (QED) is 0.680. The summed E-state index contributed by atoms with van der Waals surface area (Å²) in [5, 5.41) is 8.51. The van der Waals surface area contributed by atoms with Crippen molar-refractivity contribution in [1.82, 2.24) is 20.9 Å². The van der Waals surface area contributed by atoms with Crippen molar-refractivity contribution in [3.63, 3.8) is 0 Å². The molecule has 1 aromatic carbocycles. The molecule has 2 aliphatic rings. The van der Waals surface area contributed by atoms with Gasteiger partial charge in [-0.05, 0) is 37.6 Å². The van der Waals surface area contributed by atoms with Crippen LogP contribution >= 0.6 is 0 Å². The zero-order chi connectivity index (χ0) is 17.3. The Morgan fingerprint density at radius 3 is 2.71 bits per heavy atom. The van der Waals surface area contributed by atoms with Crippen LogP contribution in [0.15, 0.2) is 24.3 Å². The predicted octanol–water partition coefficient (Wildman–Crippen LogP) is 0.0708. The van der Waals surface area contributed by atoms with Crippen molar-refractivity contribution < 1.29 is 18.8 Å². The normalized spacial score (nSPS) is 26.6. The predicted molar refractivity (Wildman–Crippen MR) is 83.4 cm³/mol. The summed E-state index contributed by atoms with van der Waals surface area (Å²) in [6.07, 6.45) is 0.819. The third kappa shape index (κ3) is 2.96. The molecule has 2 aliphatic heterocycles. The maximum atomic E-state index is 13.1. The van der Waals surface area contributed by atoms with Gasteiger partial charge in [-0.2, -0.15) is 0 Å². The fourth-order valence-corrected chi connectivity index (χ4v) is 3.01. The SMILES string of the molecule is CC1(c2ccc(F)cc2)NC(=O)N(CC(=O)NC2CCNC2)C1=O. The van der Waals surface area contributed by atoms with Crippen molar-refractivity contribution in [2.24, 2.45) is 0 Å². The summed E-state index contributed by atoms with van der Waals surface area (Å²) >= 11 is 0. The molecular weight excluding hydrogens is 315 g/mol. The van der Waals surface area contributed by atoms with Gasteiger partial charge >= 0.3 is 6.03 Å². The molecule has 2 unspecified atom stereocenters. The van der Waals surface area contributed by atoms with E-state index in [1.54, 1.807) is 6.92 Å². The van der Waals surface area contributed by atoms with Gasteiger partial charge in [0, 0.05) is 12.6 Å². The molecular formula is C16H19FN4O3. The minimum Gasteiger partial charge on any atom is -0.350 e. The van der Waals surface area contributed by atoms with Crippen molar-refractivity contribution in [3.8, 4) is 0 Å². The second-order valence-corrected chi connectivity index (χ2v) is 6.21. The van der Waals surface area contributed by atoms with E-state index in [2.05, 4.69) is 16.0 Å². The van der Waals surface area contributed by atoms with Gasteiger partial charge in [-0.3, -0.25) is 14.5 Å². The first-order valence-corrected chi connectivity index (χ1v) is 7.80. The highest BCUT2D eigenvalue weighted by atomic mass is 19.1. The zero-order valence-electron chi connectivity index (χ0n) is 13.3. The summed E-state index contributed by atoms with van der Waals surface area (Å²) in [7, 11) is 0. The number of hydrogen-bond acceptors (Lipinski definition) is 4. The summed E-state index contributed by atoms with van der Waals surface area (Å²) < 4.78 is 13.1. The molecule has 3 rings (SSSR count). The molecule has 0 saturated carbocycles. The zero-order valence-corrected chi connectivity index (χ0v) is 13.3. The Kier molecular flexibility index (Phi) is 4.23. The molecule has 24 heavy (non-hydrogen) atoms. The molecule has 128 valence electrons. The minimum absolute atomic E-state index is 0.0155. The maximum absolute atomic E-state index is 13.1. The van der Waals surface area contributed by atoms with E-state index in [-0.39, 0.29) is 18.5 Å². The molecule has 0 spiro atoms. The maximum Gasteiger partial charge on any atom is 0.325 e. The average Bonchev–Trinajstić information content (AvgIpc) is 3.11. The largest absolute Gasteiger partial charge is 0.350 e. The van der Waals surface area contributed by atoms with Crippen LogP contribution in [0.25, 0.3) is 0 Å². The molecule has 4 amide bonds. The third-order valence-corrected chi connectivity index (χ3v) is 4.42. The van der Waals surface area contributed by atoms with Gasteiger partial charge in [0.05, 0.1) is 0 Å². The molecule has 2 fully saturated rings. The van der Waals surface area contributed by atoms with E-state index in [4.69, 9.17) is 0 Å². The van der Waals surface area contributed by atoms with Gasteiger partial charge in [0.15, 0.2) is 0 Å². The molecule has 3 N–H and O–H groups in total. The van der Waals surface area contributed by atoms with Crippen LogP contribution in [-0.2, 0) is 15.1 Å². The van der Waals surface area contributed by atoms with E-state index in [0.717, 1.165) is 17.9 Å². The number of carbonyl (C=O) groups excluding carboxylic acids is 3. The number of nitrogens with one attached hydrogen (secondary N) is 3. The minimum atomic E-state index is -1.31. The molecule has 1 aromatic rings. The Bertz CT molecular complexity index is 672. The Hall–Kier alpha value is -2.48. The summed E-state index contributed by atoms with van der Waals surface area (Å²) in [6.45, 7) is 2.72. The Morgan fingerprint density at radius 2 is 2.08 bits per heavy atom. The van der Waals surface area contributed by atoms with Crippen molar-refractivity contribution in [1.29, 1.82) is 0 Å². The third-order valence-electron chi connectivity index (χ3n) is 4.42. The average molecular weight is 334 g/mol. The van der Waals surface area contributed by atoms with Crippen molar-refractivity contribution in [3.05, 3.63) is 35.6 Å². The van der Waals surface area contributed by atoms with Gasteiger partial charge in [0.2, 0.25) is 5.91 Å². The van der Waals surface area contributed by atoms with Gasteiger partial charge in [0.1, 0.15) is 17.9 Å². The Morgan fingerprint density at radius 1 is 1.38 bits per heavy atom.